The zero-order valence-electron chi connectivity index (χ0n) is 12.7. The number of carbonyl (C=O) groups is 1. The fourth-order valence-corrected chi connectivity index (χ4v) is 3.66. The van der Waals surface area contributed by atoms with Crippen molar-refractivity contribution in [2.75, 3.05) is 0 Å². The Morgan fingerprint density at radius 1 is 1.40 bits per heavy atom. The summed E-state index contributed by atoms with van der Waals surface area (Å²) in [6.45, 7) is 0.537. The summed E-state index contributed by atoms with van der Waals surface area (Å²) >= 11 is 2.88. The third kappa shape index (κ3) is 4.00. The van der Waals surface area contributed by atoms with Gasteiger partial charge in [0.05, 0.1) is 11.5 Å². The lowest BCUT2D eigenvalue weighted by atomic mass is 10.1. The van der Waals surface area contributed by atoms with Crippen LogP contribution in [-0.2, 0) is 12.3 Å². The standard InChI is InChI=1S/C14H12N6O3S2/c15-13(21)9-3-4-10(12(6-9)20(22)23)8-25-14-16-17-18-19(14)7-11-2-1-5-24-11/h1-6H,7-8H2,(H2,15,21). The molecular weight excluding hydrogens is 364 g/mol. The van der Waals surface area contributed by atoms with Crippen LogP contribution in [0.2, 0.25) is 0 Å². The highest BCUT2D eigenvalue weighted by molar-refractivity contribution is 7.98. The summed E-state index contributed by atoms with van der Waals surface area (Å²) in [5.74, 6) is -0.414. The second kappa shape index (κ2) is 7.40. The molecule has 25 heavy (non-hydrogen) atoms. The summed E-state index contributed by atoms with van der Waals surface area (Å²) in [5, 5.41) is 25.3. The van der Waals surface area contributed by atoms with Crippen LogP contribution in [0.5, 0.6) is 0 Å². The Balaban J connectivity index is 1.77. The molecule has 1 amide bonds. The predicted molar refractivity (Wildman–Crippen MR) is 92.4 cm³/mol. The molecule has 0 bridgehead atoms. The molecule has 1 aromatic carbocycles. The zero-order valence-corrected chi connectivity index (χ0v) is 14.4. The average Bonchev–Trinajstić information content (AvgIpc) is 3.25. The molecule has 9 nitrogen and oxygen atoms in total. The van der Waals surface area contributed by atoms with Gasteiger partial charge in [-0.25, -0.2) is 4.68 Å². The number of nitrogens with zero attached hydrogens (tertiary/aromatic N) is 5. The van der Waals surface area contributed by atoms with E-state index in [1.54, 1.807) is 16.0 Å². The smallest absolute Gasteiger partial charge is 0.274 e. The number of thioether (sulfide) groups is 1. The van der Waals surface area contributed by atoms with Crippen molar-refractivity contribution in [2.24, 2.45) is 5.73 Å². The molecule has 0 saturated heterocycles. The molecule has 3 rings (SSSR count). The van der Waals surface area contributed by atoms with E-state index in [9.17, 15) is 14.9 Å². The summed E-state index contributed by atoms with van der Waals surface area (Å²) in [6.07, 6.45) is 0. The Kier molecular flexibility index (Phi) is 5.05. The van der Waals surface area contributed by atoms with E-state index in [0.717, 1.165) is 4.88 Å². The van der Waals surface area contributed by atoms with Crippen LogP contribution < -0.4 is 5.73 Å². The molecule has 2 aromatic heterocycles. The molecule has 2 heterocycles. The first-order chi connectivity index (χ1) is 12.0. The van der Waals surface area contributed by atoms with Crippen LogP contribution in [0.3, 0.4) is 0 Å². The van der Waals surface area contributed by atoms with E-state index < -0.39 is 10.8 Å². The van der Waals surface area contributed by atoms with Crippen LogP contribution in [0, 0.1) is 10.1 Å². The van der Waals surface area contributed by atoms with E-state index in [0.29, 0.717) is 23.0 Å². The Hall–Kier alpha value is -2.79. The normalized spacial score (nSPS) is 10.7. The largest absolute Gasteiger partial charge is 0.366 e. The van der Waals surface area contributed by atoms with Crippen molar-refractivity contribution >= 4 is 34.7 Å². The molecular formula is C14H12N6O3S2. The molecule has 0 aliphatic rings. The van der Waals surface area contributed by atoms with Crippen molar-refractivity contribution in [3.8, 4) is 0 Å². The number of nitro benzene ring substituents is 1. The van der Waals surface area contributed by atoms with Gasteiger partial charge in [0, 0.05) is 27.8 Å². The minimum Gasteiger partial charge on any atom is -0.366 e. The van der Waals surface area contributed by atoms with Crippen LogP contribution in [0.4, 0.5) is 5.69 Å². The molecule has 0 spiro atoms. The van der Waals surface area contributed by atoms with Crippen molar-refractivity contribution in [1.82, 2.24) is 20.2 Å². The number of rotatable bonds is 7. The predicted octanol–water partition coefficient (Wildman–Crippen LogP) is 2.08. The number of primary amides is 1. The van der Waals surface area contributed by atoms with Gasteiger partial charge in [0.1, 0.15) is 0 Å². The molecule has 128 valence electrons. The molecule has 0 unspecified atom stereocenters. The van der Waals surface area contributed by atoms with Gasteiger partial charge in [-0.1, -0.05) is 23.9 Å². The van der Waals surface area contributed by atoms with E-state index in [1.165, 1.54) is 30.0 Å². The van der Waals surface area contributed by atoms with Crippen molar-refractivity contribution in [3.05, 3.63) is 61.8 Å². The molecule has 0 saturated carbocycles. The number of carbonyl (C=O) groups excluding carboxylic acids is 1. The molecule has 0 aliphatic carbocycles. The number of nitrogens with two attached hydrogens (primary N) is 1. The SMILES string of the molecule is NC(=O)c1ccc(CSc2nnnn2Cc2cccs2)c([N+](=O)[O-])c1. The highest BCUT2D eigenvalue weighted by Gasteiger charge is 2.18. The fourth-order valence-electron chi connectivity index (χ4n) is 2.10. The third-order valence-corrected chi connectivity index (χ3v) is 5.18. The van der Waals surface area contributed by atoms with Crippen LogP contribution in [0.1, 0.15) is 20.8 Å². The maximum atomic E-state index is 11.2. The lowest BCUT2D eigenvalue weighted by molar-refractivity contribution is -0.385. The number of thiophene rings is 1. The number of hydrogen-bond donors (Lipinski definition) is 1. The Morgan fingerprint density at radius 2 is 2.24 bits per heavy atom. The van der Waals surface area contributed by atoms with Gasteiger partial charge in [0.25, 0.3) is 5.69 Å². The third-order valence-electron chi connectivity index (χ3n) is 3.31. The van der Waals surface area contributed by atoms with Gasteiger partial charge in [-0.05, 0) is 27.9 Å². The molecule has 11 heteroatoms. The number of aromatic nitrogens is 4. The van der Waals surface area contributed by atoms with Gasteiger partial charge in [-0.3, -0.25) is 14.9 Å². The van der Waals surface area contributed by atoms with Crippen molar-refractivity contribution < 1.29 is 9.72 Å². The number of benzene rings is 1. The van der Waals surface area contributed by atoms with E-state index in [-0.39, 0.29) is 11.3 Å². The molecule has 0 fully saturated rings. The highest BCUT2D eigenvalue weighted by Crippen LogP contribution is 2.28. The summed E-state index contributed by atoms with van der Waals surface area (Å²) in [6, 6.07) is 8.11. The number of tetrazole rings is 1. The maximum absolute atomic E-state index is 11.2. The van der Waals surface area contributed by atoms with Gasteiger partial charge in [0.2, 0.25) is 11.1 Å². The van der Waals surface area contributed by atoms with Crippen LogP contribution >= 0.6 is 23.1 Å². The second-order valence-corrected chi connectivity index (χ2v) is 6.93. The van der Waals surface area contributed by atoms with Gasteiger partial charge in [-0.15, -0.1) is 16.4 Å². The summed E-state index contributed by atoms with van der Waals surface area (Å²) in [4.78, 5) is 23.0. The lowest BCUT2D eigenvalue weighted by Gasteiger charge is -2.05. The van der Waals surface area contributed by atoms with Gasteiger partial charge in [-0.2, -0.15) is 0 Å². The quantitative estimate of drug-likeness (QED) is 0.379. The van der Waals surface area contributed by atoms with E-state index in [1.807, 2.05) is 17.5 Å². The first-order valence-corrected chi connectivity index (χ1v) is 8.89. The molecule has 2 N–H and O–H groups in total. The van der Waals surface area contributed by atoms with Gasteiger partial charge >= 0.3 is 0 Å². The molecule has 0 radical (unpaired) electrons. The topological polar surface area (TPSA) is 130 Å². The Morgan fingerprint density at radius 3 is 2.92 bits per heavy atom. The first kappa shape index (κ1) is 17.0. The van der Waals surface area contributed by atoms with E-state index in [4.69, 9.17) is 5.73 Å². The fraction of sp³-hybridized carbons (Fsp3) is 0.143. The van der Waals surface area contributed by atoms with Crippen molar-refractivity contribution in [3.63, 3.8) is 0 Å². The number of hydrogen-bond acceptors (Lipinski definition) is 8. The minimum atomic E-state index is -0.706. The van der Waals surface area contributed by atoms with Gasteiger partial charge in [0.15, 0.2) is 0 Å². The lowest BCUT2D eigenvalue weighted by Crippen LogP contribution is -2.11. The number of amides is 1. The summed E-state index contributed by atoms with van der Waals surface area (Å²) < 4.78 is 1.64. The van der Waals surface area contributed by atoms with E-state index in [2.05, 4.69) is 15.5 Å². The monoisotopic (exact) mass is 376 g/mol. The Bertz CT molecular complexity index is 909. The minimum absolute atomic E-state index is 0.1000. The summed E-state index contributed by atoms with van der Waals surface area (Å²) in [5.41, 5.74) is 5.58. The molecule has 3 aromatic rings. The number of nitro groups is 1. The zero-order chi connectivity index (χ0) is 17.8. The van der Waals surface area contributed by atoms with Crippen LogP contribution in [0.15, 0.2) is 40.9 Å². The van der Waals surface area contributed by atoms with E-state index >= 15 is 0 Å². The Labute approximate surface area is 150 Å². The van der Waals surface area contributed by atoms with Crippen molar-refractivity contribution in [2.45, 2.75) is 17.5 Å². The first-order valence-electron chi connectivity index (χ1n) is 7.03. The maximum Gasteiger partial charge on any atom is 0.274 e. The average molecular weight is 376 g/mol. The second-order valence-electron chi connectivity index (χ2n) is 4.95. The highest BCUT2D eigenvalue weighted by atomic mass is 32.2. The van der Waals surface area contributed by atoms with Crippen LogP contribution in [0.25, 0.3) is 0 Å². The van der Waals surface area contributed by atoms with Crippen molar-refractivity contribution in [1.29, 1.82) is 0 Å². The molecule has 0 aliphatic heterocycles. The van der Waals surface area contributed by atoms with Gasteiger partial charge < -0.3 is 5.73 Å². The van der Waals surface area contributed by atoms with Crippen LogP contribution in [-0.4, -0.2) is 31.0 Å². The summed E-state index contributed by atoms with van der Waals surface area (Å²) in [7, 11) is 0. The molecule has 0 atom stereocenters.